The van der Waals surface area contributed by atoms with Gasteiger partial charge in [-0.05, 0) is 18.6 Å². The van der Waals surface area contributed by atoms with Crippen LogP contribution in [0, 0.1) is 25.2 Å². The first-order valence-electron chi connectivity index (χ1n) is 4.89. The number of rotatable bonds is 1. The Labute approximate surface area is 89.1 Å². The van der Waals surface area contributed by atoms with E-state index < -0.39 is 0 Å². The standard InChI is InChI=1S/C12H12N2O/c1-3-10-5-12(15)14(8-10)11-4-9(2)6-13-7-11/h1,4,6-7,10H,5,8H2,2H3. The number of aromatic nitrogens is 1. The van der Waals surface area contributed by atoms with Crippen molar-refractivity contribution in [1.29, 1.82) is 0 Å². The summed E-state index contributed by atoms with van der Waals surface area (Å²) in [6.07, 6.45) is 9.24. The summed E-state index contributed by atoms with van der Waals surface area (Å²) in [7, 11) is 0. The number of pyridine rings is 1. The van der Waals surface area contributed by atoms with Gasteiger partial charge in [-0.2, -0.15) is 0 Å². The predicted octanol–water partition coefficient (Wildman–Crippen LogP) is 1.38. The maximum Gasteiger partial charge on any atom is 0.228 e. The van der Waals surface area contributed by atoms with Crippen LogP contribution >= 0.6 is 0 Å². The van der Waals surface area contributed by atoms with Gasteiger partial charge in [-0.1, -0.05) is 0 Å². The lowest BCUT2D eigenvalue weighted by atomic mass is 10.1. The Balaban J connectivity index is 2.26. The quantitative estimate of drug-likeness (QED) is 0.641. The molecule has 3 heteroatoms. The molecule has 2 rings (SSSR count). The molecule has 1 aliphatic heterocycles. The minimum absolute atomic E-state index is 0.0398. The molecule has 0 aliphatic carbocycles. The molecule has 1 atom stereocenters. The summed E-state index contributed by atoms with van der Waals surface area (Å²) in [6.45, 7) is 2.57. The number of hydrogen-bond donors (Lipinski definition) is 0. The zero-order chi connectivity index (χ0) is 10.8. The molecule has 76 valence electrons. The Morgan fingerprint density at radius 1 is 1.60 bits per heavy atom. The van der Waals surface area contributed by atoms with Gasteiger partial charge >= 0.3 is 0 Å². The van der Waals surface area contributed by atoms with E-state index in [-0.39, 0.29) is 11.8 Å². The molecule has 0 spiro atoms. The van der Waals surface area contributed by atoms with Crippen LogP contribution in [0.3, 0.4) is 0 Å². The van der Waals surface area contributed by atoms with Crippen molar-refractivity contribution < 1.29 is 4.79 Å². The summed E-state index contributed by atoms with van der Waals surface area (Å²) >= 11 is 0. The van der Waals surface area contributed by atoms with Gasteiger partial charge in [0.15, 0.2) is 0 Å². The maximum absolute atomic E-state index is 11.7. The first kappa shape index (κ1) is 9.72. The number of aryl methyl sites for hydroxylation is 1. The van der Waals surface area contributed by atoms with Crippen molar-refractivity contribution >= 4 is 11.6 Å². The summed E-state index contributed by atoms with van der Waals surface area (Å²) in [6, 6.07) is 1.95. The van der Waals surface area contributed by atoms with Crippen molar-refractivity contribution in [2.75, 3.05) is 11.4 Å². The van der Waals surface area contributed by atoms with E-state index in [9.17, 15) is 4.79 Å². The topological polar surface area (TPSA) is 33.2 Å². The lowest BCUT2D eigenvalue weighted by Crippen LogP contribution is -2.24. The van der Waals surface area contributed by atoms with E-state index in [0.717, 1.165) is 11.3 Å². The van der Waals surface area contributed by atoms with Gasteiger partial charge in [0, 0.05) is 25.1 Å². The molecule has 1 aromatic rings. The second kappa shape index (κ2) is 3.74. The highest BCUT2D eigenvalue weighted by Crippen LogP contribution is 2.24. The third-order valence-electron chi connectivity index (χ3n) is 2.53. The second-order valence-corrected chi connectivity index (χ2v) is 3.79. The summed E-state index contributed by atoms with van der Waals surface area (Å²) in [5.74, 6) is 2.75. The highest BCUT2D eigenvalue weighted by Gasteiger charge is 2.29. The maximum atomic E-state index is 11.7. The van der Waals surface area contributed by atoms with E-state index in [4.69, 9.17) is 6.42 Å². The van der Waals surface area contributed by atoms with Crippen LogP contribution in [0.15, 0.2) is 18.5 Å². The number of carbonyl (C=O) groups is 1. The van der Waals surface area contributed by atoms with E-state index >= 15 is 0 Å². The zero-order valence-electron chi connectivity index (χ0n) is 8.60. The van der Waals surface area contributed by atoms with Crippen molar-refractivity contribution in [2.24, 2.45) is 5.92 Å². The molecule has 0 N–H and O–H groups in total. The van der Waals surface area contributed by atoms with E-state index in [0.29, 0.717) is 13.0 Å². The van der Waals surface area contributed by atoms with Crippen LogP contribution in [-0.4, -0.2) is 17.4 Å². The number of nitrogens with zero attached hydrogens (tertiary/aromatic N) is 2. The third kappa shape index (κ3) is 1.84. The van der Waals surface area contributed by atoms with E-state index in [1.165, 1.54) is 0 Å². The van der Waals surface area contributed by atoms with E-state index in [1.807, 2.05) is 13.0 Å². The second-order valence-electron chi connectivity index (χ2n) is 3.79. The van der Waals surface area contributed by atoms with Gasteiger partial charge in [-0.25, -0.2) is 0 Å². The van der Waals surface area contributed by atoms with Crippen LogP contribution in [0.5, 0.6) is 0 Å². The third-order valence-corrected chi connectivity index (χ3v) is 2.53. The molecule has 0 bridgehead atoms. The van der Waals surface area contributed by atoms with Crippen LogP contribution in [0.25, 0.3) is 0 Å². The van der Waals surface area contributed by atoms with Gasteiger partial charge in [0.25, 0.3) is 0 Å². The number of anilines is 1. The molecular formula is C12H12N2O. The molecule has 1 fully saturated rings. The molecule has 1 unspecified atom stereocenters. The van der Waals surface area contributed by atoms with E-state index in [1.54, 1.807) is 17.3 Å². The molecule has 1 saturated heterocycles. The fraction of sp³-hybridized carbons (Fsp3) is 0.333. The smallest absolute Gasteiger partial charge is 0.228 e. The SMILES string of the molecule is C#CC1CC(=O)N(c2cncc(C)c2)C1. The van der Waals surface area contributed by atoms with Gasteiger partial charge in [0.2, 0.25) is 5.91 Å². The van der Waals surface area contributed by atoms with Crippen LogP contribution in [-0.2, 0) is 4.79 Å². The molecule has 1 aromatic heterocycles. The van der Waals surface area contributed by atoms with Gasteiger partial charge in [-0.3, -0.25) is 9.78 Å². The Bertz CT molecular complexity index is 433. The van der Waals surface area contributed by atoms with Crippen LogP contribution < -0.4 is 4.90 Å². The minimum atomic E-state index is 0.0398. The van der Waals surface area contributed by atoms with Crippen LogP contribution in [0.2, 0.25) is 0 Å². The first-order chi connectivity index (χ1) is 7.20. The summed E-state index contributed by atoms with van der Waals surface area (Å²) < 4.78 is 0. The number of carbonyl (C=O) groups excluding carboxylic acids is 1. The number of amides is 1. The van der Waals surface area contributed by atoms with E-state index in [2.05, 4.69) is 10.9 Å². The van der Waals surface area contributed by atoms with Crippen LogP contribution in [0.4, 0.5) is 5.69 Å². The van der Waals surface area contributed by atoms with Crippen molar-refractivity contribution in [3.05, 3.63) is 24.0 Å². The normalized spacial score (nSPS) is 20.4. The van der Waals surface area contributed by atoms with Gasteiger partial charge < -0.3 is 4.90 Å². The molecule has 15 heavy (non-hydrogen) atoms. The monoisotopic (exact) mass is 200 g/mol. The van der Waals surface area contributed by atoms with Gasteiger partial charge in [-0.15, -0.1) is 12.3 Å². The molecule has 1 amide bonds. The molecule has 1 aliphatic rings. The van der Waals surface area contributed by atoms with Crippen molar-refractivity contribution in [2.45, 2.75) is 13.3 Å². The highest BCUT2D eigenvalue weighted by molar-refractivity contribution is 5.96. The minimum Gasteiger partial charge on any atom is -0.310 e. The highest BCUT2D eigenvalue weighted by atomic mass is 16.2. The molecule has 0 aromatic carbocycles. The molecule has 0 radical (unpaired) electrons. The van der Waals surface area contributed by atoms with Crippen LogP contribution in [0.1, 0.15) is 12.0 Å². The Kier molecular flexibility index (Phi) is 2.42. The fourth-order valence-electron chi connectivity index (χ4n) is 1.76. The van der Waals surface area contributed by atoms with Gasteiger partial charge in [0.05, 0.1) is 11.9 Å². The summed E-state index contributed by atoms with van der Waals surface area (Å²) in [4.78, 5) is 17.4. The predicted molar refractivity (Wildman–Crippen MR) is 58.3 cm³/mol. The Morgan fingerprint density at radius 3 is 3.00 bits per heavy atom. The summed E-state index contributed by atoms with van der Waals surface area (Å²) in [5.41, 5.74) is 1.89. The Hall–Kier alpha value is -1.82. The zero-order valence-corrected chi connectivity index (χ0v) is 8.60. The molecule has 2 heterocycles. The van der Waals surface area contributed by atoms with Crippen molar-refractivity contribution in [1.82, 2.24) is 4.98 Å². The first-order valence-corrected chi connectivity index (χ1v) is 4.89. The number of hydrogen-bond acceptors (Lipinski definition) is 2. The average molecular weight is 200 g/mol. The lowest BCUT2D eigenvalue weighted by Gasteiger charge is -2.15. The molecular weight excluding hydrogens is 188 g/mol. The largest absolute Gasteiger partial charge is 0.310 e. The van der Waals surface area contributed by atoms with Crippen molar-refractivity contribution in [3.63, 3.8) is 0 Å². The Morgan fingerprint density at radius 2 is 2.40 bits per heavy atom. The number of terminal acetylenes is 1. The summed E-state index contributed by atoms with van der Waals surface area (Å²) in [5, 5.41) is 0. The molecule has 0 saturated carbocycles. The molecule has 3 nitrogen and oxygen atoms in total. The van der Waals surface area contributed by atoms with Gasteiger partial charge in [0.1, 0.15) is 0 Å². The van der Waals surface area contributed by atoms with Crippen molar-refractivity contribution in [3.8, 4) is 12.3 Å². The lowest BCUT2D eigenvalue weighted by molar-refractivity contribution is -0.117. The fourth-order valence-corrected chi connectivity index (χ4v) is 1.76. The average Bonchev–Trinajstić information content (AvgIpc) is 2.60.